The number of allylic oxidation sites excluding steroid dienone is 2. The molecule has 1 aromatic heterocycles. The standard InChI is InChI=1S/C28H26N2O3/c1-28(2)16-24-27(25(31)17-28)23(19-7-6-14-29-18-19)15-26(32)30(24)20-10-12-22(13-11-20)33-21-8-4-3-5-9-21/h3-14,18,23H,15-17H2,1-2H3. The van der Waals surface area contributed by atoms with Gasteiger partial charge in [-0.2, -0.15) is 0 Å². The molecule has 5 rings (SSSR count). The fourth-order valence-corrected chi connectivity index (χ4v) is 4.87. The minimum atomic E-state index is -0.248. The van der Waals surface area contributed by atoms with Crippen molar-refractivity contribution in [3.8, 4) is 11.5 Å². The van der Waals surface area contributed by atoms with Crippen LogP contribution in [0.1, 0.15) is 44.6 Å². The van der Waals surface area contributed by atoms with Crippen LogP contribution in [0.15, 0.2) is 90.4 Å². The van der Waals surface area contributed by atoms with Gasteiger partial charge < -0.3 is 4.74 Å². The summed E-state index contributed by atoms with van der Waals surface area (Å²) in [5, 5.41) is 0. The number of aromatic nitrogens is 1. The normalized spacial score (nSPS) is 19.9. The topological polar surface area (TPSA) is 59.5 Å². The predicted octanol–water partition coefficient (Wildman–Crippen LogP) is 6.04. The second kappa shape index (κ2) is 8.32. The van der Waals surface area contributed by atoms with Crippen molar-refractivity contribution in [2.24, 2.45) is 5.41 Å². The molecule has 1 amide bonds. The predicted molar refractivity (Wildman–Crippen MR) is 127 cm³/mol. The first-order valence-corrected chi connectivity index (χ1v) is 11.2. The van der Waals surface area contributed by atoms with Gasteiger partial charge in [0.2, 0.25) is 5.91 Å². The number of hydrogen-bond acceptors (Lipinski definition) is 4. The number of carbonyl (C=O) groups excluding carboxylic acids is 2. The third kappa shape index (κ3) is 4.19. The molecule has 0 fully saturated rings. The summed E-state index contributed by atoms with van der Waals surface area (Å²) in [4.78, 5) is 32.8. The van der Waals surface area contributed by atoms with E-state index in [4.69, 9.17) is 4.74 Å². The molecule has 0 N–H and O–H groups in total. The van der Waals surface area contributed by atoms with E-state index in [1.165, 1.54) is 0 Å². The van der Waals surface area contributed by atoms with Gasteiger partial charge in [-0.25, -0.2) is 0 Å². The first-order valence-electron chi connectivity index (χ1n) is 11.2. The number of benzene rings is 2. The van der Waals surface area contributed by atoms with Crippen molar-refractivity contribution in [3.05, 3.63) is 96.0 Å². The highest BCUT2D eigenvalue weighted by atomic mass is 16.5. The van der Waals surface area contributed by atoms with Gasteiger partial charge in [-0.1, -0.05) is 38.1 Å². The maximum absolute atomic E-state index is 13.5. The Bertz CT molecular complexity index is 1220. The largest absolute Gasteiger partial charge is 0.457 e. The average Bonchev–Trinajstić information content (AvgIpc) is 2.80. The molecule has 2 aliphatic rings. The second-order valence-corrected chi connectivity index (χ2v) is 9.48. The van der Waals surface area contributed by atoms with Gasteiger partial charge in [0, 0.05) is 48.1 Å². The Balaban J connectivity index is 1.53. The summed E-state index contributed by atoms with van der Waals surface area (Å²) in [5.74, 6) is 1.31. The van der Waals surface area contributed by atoms with E-state index in [0.29, 0.717) is 18.6 Å². The maximum atomic E-state index is 13.5. The van der Waals surface area contributed by atoms with Crippen molar-refractivity contribution in [1.29, 1.82) is 0 Å². The highest BCUT2D eigenvalue weighted by molar-refractivity contribution is 6.07. The number of carbonyl (C=O) groups is 2. The van der Waals surface area contributed by atoms with Crippen LogP contribution in [0.5, 0.6) is 11.5 Å². The molecule has 0 radical (unpaired) electrons. The summed E-state index contributed by atoms with van der Waals surface area (Å²) in [5.41, 5.74) is 3.03. The van der Waals surface area contributed by atoms with Crippen LogP contribution in [-0.4, -0.2) is 16.7 Å². The Labute approximate surface area is 193 Å². The quantitative estimate of drug-likeness (QED) is 0.498. The Kier molecular flexibility index (Phi) is 5.33. The van der Waals surface area contributed by atoms with Gasteiger partial charge in [0.05, 0.1) is 0 Å². The molecule has 5 heteroatoms. The van der Waals surface area contributed by atoms with Crippen LogP contribution >= 0.6 is 0 Å². The molecule has 1 aliphatic carbocycles. The van der Waals surface area contributed by atoms with Gasteiger partial charge in [0.25, 0.3) is 0 Å². The smallest absolute Gasteiger partial charge is 0.232 e. The molecular weight excluding hydrogens is 412 g/mol. The van der Waals surface area contributed by atoms with Crippen LogP contribution in [0.2, 0.25) is 0 Å². The van der Waals surface area contributed by atoms with Gasteiger partial charge >= 0.3 is 0 Å². The van der Waals surface area contributed by atoms with E-state index in [1.54, 1.807) is 17.3 Å². The van der Waals surface area contributed by atoms with E-state index in [9.17, 15) is 9.59 Å². The Morgan fingerprint density at radius 1 is 0.909 bits per heavy atom. The zero-order valence-electron chi connectivity index (χ0n) is 18.8. The molecule has 0 bridgehead atoms. The summed E-state index contributed by atoms with van der Waals surface area (Å²) >= 11 is 0. The van der Waals surface area contributed by atoms with E-state index in [-0.39, 0.29) is 29.4 Å². The summed E-state index contributed by atoms with van der Waals surface area (Å²) in [7, 11) is 0. The average molecular weight is 439 g/mol. The molecule has 5 nitrogen and oxygen atoms in total. The molecule has 2 aromatic carbocycles. The number of rotatable bonds is 4. The molecule has 1 aliphatic heterocycles. The van der Waals surface area contributed by atoms with Gasteiger partial charge in [0.1, 0.15) is 11.5 Å². The van der Waals surface area contributed by atoms with Crippen LogP contribution < -0.4 is 9.64 Å². The molecule has 0 spiro atoms. The number of anilines is 1. The number of para-hydroxylation sites is 1. The first kappa shape index (κ1) is 21.1. The minimum absolute atomic E-state index is 0.00942. The molecule has 1 atom stereocenters. The molecule has 33 heavy (non-hydrogen) atoms. The van der Waals surface area contributed by atoms with E-state index in [0.717, 1.165) is 28.3 Å². The van der Waals surface area contributed by atoms with Gasteiger partial charge in [-0.3, -0.25) is 19.5 Å². The van der Waals surface area contributed by atoms with Crippen LogP contribution in [0.4, 0.5) is 5.69 Å². The molecule has 0 saturated heterocycles. The number of Topliss-reactive ketones (excluding diaryl/α,β-unsaturated/α-hetero) is 1. The van der Waals surface area contributed by atoms with E-state index >= 15 is 0 Å². The summed E-state index contributed by atoms with van der Waals surface area (Å²) in [6, 6.07) is 20.9. The lowest BCUT2D eigenvalue weighted by Crippen LogP contribution is -2.43. The van der Waals surface area contributed by atoms with Crippen molar-refractivity contribution in [2.45, 2.75) is 39.0 Å². The molecule has 1 unspecified atom stereocenters. The highest BCUT2D eigenvalue weighted by Gasteiger charge is 2.44. The Hall–Kier alpha value is -3.73. The van der Waals surface area contributed by atoms with Gasteiger partial charge in [-0.05, 0) is 59.9 Å². The van der Waals surface area contributed by atoms with Crippen molar-refractivity contribution in [1.82, 2.24) is 4.98 Å². The second-order valence-electron chi connectivity index (χ2n) is 9.48. The van der Waals surface area contributed by atoms with Gasteiger partial charge in [-0.15, -0.1) is 0 Å². The number of hydrogen-bond donors (Lipinski definition) is 0. The zero-order chi connectivity index (χ0) is 23.0. The number of amides is 1. The molecule has 166 valence electrons. The minimum Gasteiger partial charge on any atom is -0.457 e. The number of ether oxygens (including phenoxy) is 1. The van der Waals surface area contributed by atoms with Crippen LogP contribution in [0, 0.1) is 5.41 Å². The summed E-state index contributed by atoms with van der Waals surface area (Å²) < 4.78 is 5.90. The van der Waals surface area contributed by atoms with Crippen molar-refractivity contribution in [3.63, 3.8) is 0 Å². The summed E-state index contributed by atoms with van der Waals surface area (Å²) in [6.07, 6.45) is 4.87. The lowest BCUT2D eigenvalue weighted by atomic mass is 9.69. The SMILES string of the molecule is CC1(C)CC(=O)C2=C(C1)N(c1ccc(Oc3ccccc3)cc1)C(=O)CC2c1cccnc1. The van der Waals surface area contributed by atoms with Crippen LogP contribution in [0.3, 0.4) is 0 Å². The summed E-state index contributed by atoms with van der Waals surface area (Å²) in [6.45, 7) is 4.17. The zero-order valence-corrected chi connectivity index (χ0v) is 18.8. The highest BCUT2D eigenvalue weighted by Crippen LogP contribution is 2.48. The number of ketones is 1. The van der Waals surface area contributed by atoms with Crippen molar-refractivity contribution in [2.75, 3.05) is 4.90 Å². The van der Waals surface area contributed by atoms with Gasteiger partial charge in [0.15, 0.2) is 5.78 Å². The third-order valence-electron chi connectivity index (χ3n) is 6.30. The van der Waals surface area contributed by atoms with Crippen molar-refractivity contribution >= 4 is 17.4 Å². The van der Waals surface area contributed by atoms with E-state index < -0.39 is 0 Å². The Morgan fingerprint density at radius 3 is 2.33 bits per heavy atom. The molecule has 3 aromatic rings. The van der Waals surface area contributed by atoms with E-state index in [2.05, 4.69) is 18.8 Å². The monoisotopic (exact) mass is 438 g/mol. The van der Waals surface area contributed by atoms with E-state index in [1.807, 2.05) is 66.7 Å². The molecule has 0 saturated carbocycles. The van der Waals surface area contributed by atoms with Crippen LogP contribution in [-0.2, 0) is 9.59 Å². The first-order chi connectivity index (χ1) is 15.9. The van der Waals surface area contributed by atoms with Crippen LogP contribution in [0.25, 0.3) is 0 Å². The lowest BCUT2D eigenvalue weighted by Gasteiger charge is -2.42. The third-order valence-corrected chi connectivity index (χ3v) is 6.30. The van der Waals surface area contributed by atoms with Crippen molar-refractivity contribution < 1.29 is 14.3 Å². The molecule has 2 heterocycles. The fraction of sp³-hybridized carbons (Fsp3) is 0.250. The lowest BCUT2D eigenvalue weighted by molar-refractivity contribution is -0.121. The number of pyridine rings is 1. The Morgan fingerprint density at radius 2 is 1.64 bits per heavy atom. The maximum Gasteiger partial charge on any atom is 0.232 e. The fourth-order valence-electron chi connectivity index (χ4n) is 4.87. The molecular formula is C28H26N2O3. The number of nitrogens with zero attached hydrogens (tertiary/aromatic N) is 2.